The molecule has 0 amide bonds. The lowest BCUT2D eigenvalue weighted by Crippen LogP contribution is -2.16. The van der Waals surface area contributed by atoms with Gasteiger partial charge in [0.2, 0.25) is 0 Å². The van der Waals surface area contributed by atoms with E-state index < -0.39 is 5.82 Å². The summed E-state index contributed by atoms with van der Waals surface area (Å²) in [5.74, 6) is -0.00855. The average Bonchev–Trinajstić information content (AvgIpc) is 2.12. The lowest BCUT2D eigenvalue weighted by molar-refractivity contribution is 0.164. The van der Waals surface area contributed by atoms with Crippen LogP contribution >= 0.6 is 11.6 Å². The SMILES string of the molecule is Fc1ccc(Cl)c2c1OCCO2. The molecule has 0 atom stereocenters. The van der Waals surface area contributed by atoms with E-state index in [9.17, 15) is 4.39 Å². The molecule has 0 aliphatic carbocycles. The van der Waals surface area contributed by atoms with Crippen LogP contribution in [0.4, 0.5) is 4.39 Å². The third-order valence-electron chi connectivity index (χ3n) is 1.59. The van der Waals surface area contributed by atoms with Gasteiger partial charge in [-0.1, -0.05) is 11.6 Å². The predicted octanol–water partition coefficient (Wildman–Crippen LogP) is 2.25. The van der Waals surface area contributed by atoms with Crippen molar-refractivity contribution in [2.75, 3.05) is 13.2 Å². The molecular formula is C8H6ClFO2. The predicted molar refractivity (Wildman–Crippen MR) is 42.4 cm³/mol. The molecule has 12 heavy (non-hydrogen) atoms. The minimum Gasteiger partial charge on any atom is -0.484 e. The van der Waals surface area contributed by atoms with Gasteiger partial charge in [0.15, 0.2) is 17.3 Å². The molecule has 1 aliphatic heterocycles. The van der Waals surface area contributed by atoms with Crippen LogP contribution < -0.4 is 9.47 Å². The zero-order valence-corrected chi connectivity index (χ0v) is 6.90. The van der Waals surface area contributed by atoms with Crippen molar-refractivity contribution in [2.24, 2.45) is 0 Å². The smallest absolute Gasteiger partial charge is 0.198 e. The lowest BCUT2D eigenvalue weighted by atomic mass is 10.3. The molecule has 4 heteroatoms. The van der Waals surface area contributed by atoms with Crippen LogP contribution in [0.5, 0.6) is 11.5 Å². The standard InChI is InChI=1S/C8H6ClFO2/c9-5-1-2-6(10)8-7(5)11-3-4-12-8/h1-2H,3-4H2. The van der Waals surface area contributed by atoms with Gasteiger partial charge in [0.1, 0.15) is 13.2 Å². The van der Waals surface area contributed by atoms with Crippen LogP contribution in [-0.4, -0.2) is 13.2 Å². The van der Waals surface area contributed by atoms with Gasteiger partial charge in [-0.2, -0.15) is 0 Å². The summed E-state index contributed by atoms with van der Waals surface area (Å²) in [5.41, 5.74) is 0. The number of fused-ring (bicyclic) bond motifs is 1. The fraction of sp³-hybridized carbons (Fsp3) is 0.250. The monoisotopic (exact) mass is 188 g/mol. The molecule has 1 heterocycles. The molecule has 0 bridgehead atoms. The van der Waals surface area contributed by atoms with Crippen LogP contribution in [0.25, 0.3) is 0 Å². The van der Waals surface area contributed by atoms with Crippen LogP contribution in [0.2, 0.25) is 5.02 Å². The highest BCUT2D eigenvalue weighted by Crippen LogP contribution is 2.38. The highest BCUT2D eigenvalue weighted by Gasteiger charge is 2.18. The normalized spacial score (nSPS) is 14.5. The molecule has 2 rings (SSSR count). The Kier molecular flexibility index (Phi) is 1.81. The summed E-state index contributed by atoms with van der Waals surface area (Å²) in [6.07, 6.45) is 0. The van der Waals surface area contributed by atoms with E-state index in [4.69, 9.17) is 21.1 Å². The summed E-state index contributed by atoms with van der Waals surface area (Å²) in [4.78, 5) is 0. The minimum absolute atomic E-state index is 0.119. The molecule has 1 aliphatic rings. The number of benzene rings is 1. The molecule has 2 nitrogen and oxygen atoms in total. The Bertz CT molecular complexity index is 283. The van der Waals surface area contributed by atoms with E-state index in [-0.39, 0.29) is 5.75 Å². The van der Waals surface area contributed by atoms with Gasteiger partial charge in [-0.15, -0.1) is 0 Å². The number of hydrogen-bond donors (Lipinski definition) is 0. The molecule has 0 saturated carbocycles. The Morgan fingerprint density at radius 1 is 1.17 bits per heavy atom. The quantitative estimate of drug-likeness (QED) is 0.622. The zero-order valence-electron chi connectivity index (χ0n) is 6.14. The fourth-order valence-corrected chi connectivity index (χ4v) is 1.27. The van der Waals surface area contributed by atoms with Crippen LogP contribution in [0.1, 0.15) is 0 Å². The maximum Gasteiger partial charge on any atom is 0.198 e. The third kappa shape index (κ3) is 1.10. The van der Waals surface area contributed by atoms with Crippen LogP contribution in [0.3, 0.4) is 0 Å². The first-order valence-electron chi connectivity index (χ1n) is 3.52. The van der Waals surface area contributed by atoms with Crippen LogP contribution in [-0.2, 0) is 0 Å². The van der Waals surface area contributed by atoms with E-state index in [1.54, 1.807) is 0 Å². The van der Waals surface area contributed by atoms with E-state index in [2.05, 4.69) is 0 Å². The van der Waals surface area contributed by atoms with Gasteiger partial charge in [0.25, 0.3) is 0 Å². The van der Waals surface area contributed by atoms with Crippen molar-refractivity contribution in [3.8, 4) is 11.5 Å². The molecular weight excluding hydrogens is 183 g/mol. The summed E-state index contributed by atoms with van der Waals surface area (Å²) in [7, 11) is 0. The first-order chi connectivity index (χ1) is 5.79. The summed E-state index contributed by atoms with van der Waals surface area (Å²) < 4.78 is 23.2. The molecule has 0 radical (unpaired) electrons. The van der Waals surface area contributed by atoms with Crippen molar-refractivity contribution < 1.29 is 13.9 Å². The molecule has 1 aromatic carbocycles. The van der Waals surface area contributed by atoms with Crippen molar-refractivity contribution in [1.82, 2.24) is 0 Å². The molecule has 1 aromatic rings. The molecule has 0 saturated heterocycles. The number of ether oxygens (including phenoxy) is 2. The van der Waals surface area contributed by atoms with Gasteiger partial charge in [0.05, 0.1) is 5.02 Å². The first kappa shape index (κ1) is 7.68. The Hall–Kier alpha value is -0.960. The Morgan fingerprint density at radius 3 is 2.50 bits per heavy atom. The van der Waals surface area contributed by atoms with E-state index in [0.29, 0.717) is 24.0 Å². The molecule has 64 valence electrons. The molecule has 0 N–H and O–H groups in total. The number of halogens is 2. The van der Waals surface area contributed by atoms with Crippen molar-refractivity contribution in [1.29, 1.82) is 0 Å². The summed E-state index contributed by atoms with van der Waals surface area (Å²) in [5, 5.41) is 0.381. The van der Waals surface area contributed by atoms with Gasteiger partial charge < -0.3 is 9.47 Å². The lowest BCUT2D eigenvalue weighted by Gasteiger charge is -2.19. The second-order valence-electron chi connectivity index (χ2n) is 2.38. The van der Waals surface area contributed by atoms with Crippen molar-refractivity contribution in [3.05, 3.63) is 23.0 Å². The van der Waals surface area contributed by atoms with E-state index in [0.717, 1.165) is 0 Å². The average molecular weight is 189 g/mol. The Morgan fingerprint density at radius 2 is 1.83 bits per heavy atom. The number of hydrogen-bond acceptors (Lipinski definition) is 2. The van der Waals surface area contributed by atoms with Crippen LogP contribution in [0.15, 0.2) is 12.1 Å². The maximum absolute atomic E-state index is 13.0. The molecule has 0 aromatic heterocycles. The molecule has 0 fully saturated rings. The second-order valence-corrected chi connectivity index (χ2v) is 2.79. The van der Waals surface area contributed by atoms with Gasteiger partial charge >= 0.3 is 0 Å². The maximum atomic E-state index is 13.0. The van der Waals surface area contributed by atoms with E-state index >= 15 is 0 Å². The van der Waals surface area contributed by atoms with E-state index in [1.165, 1.54) is 12.1 Å². The van der Waals surface area contributed by atoms with Gasteiger partial charge in [-0.05, 0) is 12.1 Å². The number of rotatable bonds is 0. The Balaban J connectivity index is 2.57. The van der Waals surface area contributed by atoms with Gasteiger partial charge in [-0.25, -0.2) is 4.39 Å². The van der Waals surface area contributed by atoms with Gasteiger partial charge in [-0.3, -0.25) is 0 Å². The molecule has 0 unspecified atom stereocenters. The summed E-state index contributed by atoms with van der Waals surface area (Å²) in [6, 6.07) is 2.71. The third-order valence-corrected chi connectivity index (χ3v) is 1.89. The second kappa shape index (κ2) is 2.83. The van der Waals surface area contributed by atoms with Crippen LogP contribution in [0, 0.1) is 5.82 Å². The van der Waals surface area contributed by atoms with Crippen molar-refractivity contribution in [3.63, 3.8) is 0 Å². The molecule has 0 spiro atoms. The van der Waals surface area contributed by atoms with Gasteiger partial charge in [0, 0.05) is 0 Å². The fourth-order valence-electron chi connectivity index (χ4n) is 1.07. The minimum atomic E-state index is -0.436. The Labute approximate surface area is 73.9 Å². The van der Waals surface area contributed by atoms with Crippen molar-refractivity contribution >= 4 is 11.6 Å². The summed E-state index contributed by atoms with van der Waals surface area (Å²) in [6.45, 7) is 0.778. The largest absolute Gasteiger partial charge is 0.484 e. The zero-order chi connectivity index (χ0) is 8.55. The van der Waals surface area contributed by atoms with Crippen molar-refractivity contribution in [2.45, 2.75) is 0 Å². The van der Waals surface area contributed by atoms with E-state index in [1.807, 2.05) is 0 Å². The topological polar surface area (TPSA) is 18.5 Å². The highest BCUT2D eigenvalue weighted by molar-refractivity contribution is 6.32. The summed E-state index contributed by atoms with van der Waals surface area (Å²) >= 11 is 5.74. The first-order valence-corrected chi connectivity index (χ1v) is 3.90. The highest BCUT2D eigenvalue weighted by atomic mass is 35.5.